The lowest BCUT2D eigenvalue weighted by atomic mass is 10.1. The van der Waals surface area contributed by atoms with Crippen LogP contribution in [-0.2, 0) is 9.53 Å². The molecule has 2 aliphatic heterocycles. The molecule has 0 amide bonds. The zero-order valence-electron chi connectivity index (χ0n) is 12.8. The van der Waals surface area contributed by atoms with Crippen molar-refractivity contribution in [3.8, 4) is 5.75 Å². The van der Waals surface area contributed by atoms with E-state index in [1.807, 2.05) is 6.08 Å². The van der Waals surface area contributed by atoms with Crippen LogP contribution in [0, 0.1) is 5.82 Å². The van der Waals surface area contributed by atoms with Crippen molar-refractivity contribution in [1.82, 2.24) is 0 Å². The molecule has 0 bridgehead atoms. The summed E-state index contributed by atoms with van der Waals surface area (Å²) in [6, 6.07) is 10.9. The zero-order chi connectivity index (χ0) is 17.4. The van der Waals surface area contributed by atoms with Crippen molar-refractivity contribution in [3.05, 3.63) is 81.8 Å². The van der Waals surface area contributed by atoms with Crippen LogP contribution in [0.25, 0.3) is 6.08 Å². The van der Waals surface area contributed by atoms with Gasteiger partial charge in [-0.25, -0.2) is 14.2 Å². The first-order valence-corrected chi connectivity index (χ1v) is 7.88. The summed E-state index contributed by atoms with van der Waals surface area (Å²) in [5, 5.41) is 0.601. The molecule has 0 saturated heterocycles. The van der Waals surface area contributed by atoms with Crippen LogP contribution in [0.15, 0.2) is 64.8 Å². The predicted octanol–water partition coefficient (Wildman–Crippen LogP) is 4.14. The van der Waals surface area contributed by atoms with E-state index >= 15 is 0 Å². The summed E-state index contributed by atoms with van der Waals surface area (Å²) in [4.78, 5) is 16.2. The Labute approximate surface area is 147 Å². The summed E-state index contributed by atoms with van der Waals surface area (Å²) >= 11 is 5.99. The molecule has 0 saturated carbocycles. The maximum atomic E-state index is 13.0. The molecule has 0 aromatic heterocycles. The Kier molecular flexibility index (Phi) is 3.86. The lowest BCUT2D eigenvalue weighted by Gasteiger charge is -2.16. The number of ether oxygens (including phenoxy) is 2. The zero-order valence-corrected chi connectivity index (χ0v) is 13.6. The molecular weight excluding hydrogens is 345 g/mol. The Morgan fingerprint density at radius 2 is 1.96 bits per heavy atom. The number of halogens is 2. The van der Waals surface area contributed by atoms with E-state index in [9.17, 15) is 9.18 Å². The highest BCUT2D eigenvalue weighted by Gasteiger charge is 2.25. The van der Waals surface area contributed by atoms with Crippen molar-refractivity contribution in [2.24, 2.45) is 4.99 Å². The highest BCUT2D eigenvalue weighted by molar-refractivity contribution is 6.30. The van der Waals surface area contributed by atoms with Crippen LogP contribution in [0.1, 0.15) is 11.1 Å². The summed E-state index contributed by atoms with van der Waals surface area (Å²) in [6.07, 6.45) is 3.50. The summed E-state index contributed by atoms with van der Waals surface area (Å²) < 4.78 is 23.8. The van der Waals surface area contributed by atoms with E-state index < -0.39 is 5.97 Å². The number of carbonyl (C=O) groups is 1. The third kappa shape index (κ3) is 3.19. The van der Waals surface area contributed by atoms with Crippen LogP contribution in [-0.4, -0.2) is 18.5 Å². The first-order chi connectivity index (χ1) is 12.1. The molecule has 2 heterocycles. The lowest BCUT2D eigenvalue weighted by Crippen LogP contribution is -2.08. The normalized spacial score (nSPS) is 17.5. The van der Waals surface area contributed by atoms with Crippen molar-refractivity contribution < 1.29 is 18.7 Å². The number of fused-ring (bicyclic) bond motifs is 1. The Balaban J connectivity index is 1.65. The monoisotopic (exact) mass is 355 g/mol. The van der Waals surface area contributed by atoms with Crippen LogP contribution in [0.2, 0.25) is 5.02 Å². The van der Waals surface area contributed by atoms with Gasteiger partial charge in [-0.1, -0.05) is 11.6 Å². The molecule has 0 aliphatic carbocycles. The molecule has 0 atom stereocenters. The Hall–Kier alpha value is -2.92. The maximum Gasteiger partial charge on any atom is 0.363 e. The van der Waals surface area contributed by atoms with E-state index in [0.29, 0.717) is 17.2 Å². The van der Waals surface area contributed by atoms with E-state index in [-0.39, 0.29) is 17.4 Å². The minimum Gasteiger partial charge on any atom is -0.488 e. The molecule has 0 unspecified atom stereocenters. The lowest BCUT2D eigenvalue weighted by molar-refractivity contribution is -0.130. The average Bonchev–Trinajstić information content (AvgIpc) is 2.96. The van der Waals surface area contributed by atoms with Crippen LogP contribution >= 0.6 is 11.6 Å². The molecule has 2 aromatic carbocycles. The highest BCUT2D eigenvalue weighted by Crippen LogP contribution is 2.30. The van der Waals surface area contributed by atoms with Gasteiger partial charge in [0.2, 0.25) is 5.90 Å². The summed E-state index contributed by atoms with van der Waals surface area (Å²) in [6.45, 7) is 0.312. The summed E-state index contributed by atoms with van der Waals surface area (Å²) in [5.41, 5.74) is 2.30. The van der Waals surface area contributed by atoms with Gasteiger partial charge in [-0.3, -0.25) is 0 Å². The number of hydrogen-bond acceptors (Lipinski definition) is 4. The Bertz CT molecular complexity index is 961. The molecule has 2 aliphatic rings. The Morgan fingerprint density at radius 1 is 1.16 bits per heavy atom. The van der Waals surface area contributed by atoms with E-state index in [1.54, 1.807) is 24.3 Å². The summed E-state index contributed by atoms with van der Waals surface area (Å²) in [7, 11) is 0. The Morgan fingerprint density at radius 3 is 2.76 bits per heavy atom. The molecular formula is C19H11ClFNO3. The van der Waals surface area contributed by atoms with Crippen molar-refractivity contribution in [1.29, 1.82) is 0 Å². The first-order valence-electron chi connectivity index (χ1n) is 7.50. The van der Waals surface area contributed by atoms with Crippen LogP contribution in [0.3, 0.4) is 0 Å². The molecule has 6 heteroatoms. The molecule has 4 nitrogen and oxygen atoms in total. The molecule has 0 fully saturated rings. The number of benzene rings is 2. The fourth-order valence-corrected chi connectivity index (χ4v) is 2.73. The molecule has 25 heavy (non-hydrogen) atoms. The smallest absolute Gasteiger partial charge is 0.363 e. The van der Waals surface area contributed by atoms with E-state index in [1.165, 1.54) is 24.3 Å². The second-order valence-electron chi connectivity index (χ2n) is 5.53. The van der Waals surface area contributed by atoms with Gasteiger partial charge in [-0.15, -0.1) is 0 Å². The second-order valence-corrected chi connectivity index (χ2v) is 5.97. The number of esters is 1. The summed E-state index contributed by atoms with van der Waals surface area (Å²) in [5.74, 6) is -0.0449. The van der Waals surface area contributed by atoms with E-state index in [0.717, 1.165) is 16.9 Å². The van der Waals surface area contributed by atoms with Crippen molar-refractivity contribution in [3.63, 3.8) is 0 Å². The highest BCUT2D eigenvalue weighted by atomic mass is 35.5. The van der Waals surface area contributed by atoms with Crippen molar-refractivity contribution in [2.75, 3.05) is 6.61 Å². The third-order valence-electron chi connectivity index (χ3n) is 3.74. The quantitative estimate of drug-likeness (QED) is 0.601. The molecule has 0 radical (unpaired) electrons. The average molecular weight is 356 g/mol. The number of hydrogen-bond donors (Lipinski definition) is 0. The molecule has 124 valence electrons. The van der Waals surface area contributed by atoms with Gasteiger partial charge >= 0.3 is 5.97 Å². The largest absolute Gasteiger partial charge is 0.488 e. The van der Waals surface area contributed by atoms with E-state index in [4.69, 9.17) is 21.1 Å². The van der Waals surface area contributed by atoms with Crippen LogP contribution < -0.4 is 4.74 Å². The fraction of sp³-hybridized carbons (Fsp3) is 0.0526. The van der Waals surface area contributed by atoms with Gasteiger partial charge in [0.25, 0.3) is 0 Å². The van der Waals surface area contributed by atoms with Crippen LogP contribution in [0.4, 0.5) is 4.39 Å². The third-order valence-corrected chi connectivity index (χ3v) is 3.98. The van der Waals surface area contributed by atoms with Crippen LogP contribution in [0.5, 0.6) is 5.75 Å². The van der Waals surface area contributed by atoms with E-state index in [2.05, 4.69) is 4.99 Å². The molecule has 4 rings (SSSR count). The maximum absolute atomic E-state index is 13.0. The molecule has 2 aromatic rings. The molecule has 0 spiro atoms. The molecule has 0 N–H and O–H groups in total. The minimum atomic E-state index is -0.558. The van der Waals surface area contributed by atoms with Crippen molar-refractivity contribution >= 4 is 29.5 Å². The fourth-order valence-electron chi connectivity index (χ4n) is 2.55. The second kappa shape index (κ2) is 6.18. The van der Waals surface area contributed by atoms with Crippen molar-refractivity contribution in [2.45, 2.75) is 0 Å². The number of cyclic esters (lactones) is 1. The predicted molar refractivity (Wildman–Crippen MR) is 92.0 cm³/mol. The minimum absolute atomic E-state index is 0.150. The SMILES string of the molecule is O=C1OC(c2ccc(F)cc2)=NC1=CC1=Cc2cc(Cl)ccc2OC1. The standard InChI is InChI=1S/C19H11ClFNO3/c20-14-3-6-17-13(9-14)7-11(10-24-17)8-16-19(23)25-18(22-16)12-1-4-15(21)5-2-12/h1-9H,10H2. The number of nitrogens with zero attached hydrogens (tertiary/aromatic N) is 1. The van der Waals surface area contributed by atoms with Gasteiger partial charge in [-0.2, -0.15) is 0 Å². The number of carbonyl (C=O) groups excluding carboxylic acids is 1. The van der Waals surface area contributed by atoms with Gasteiger partial charge in [0, 0.05) is 16.1 Å². The number of aliphatic imine (C=N–C) groups is 1. The van der Waals surface area contributed by atoms with Gasteiger partial charge in [-0.05, 0) is 60.2 Å². The van der Waals surface area contributed by atoms with Gasteiger partial charge in [0.15, 0.2) is 5.70 Å². The number of rotatable bonds is 2. The first kappa shape index (κ1) is 15.6. The van der Waals surface area contributed by atoms with Gasteiger partial charge in [0.1, 0.15) is 18.2 Å². The van der Waals surface area contributed by atoms with Gasteiger partial charge in [0.05, 0.1) is 0 Å². The van der Waals surface area contributed by atoms with Gasteiger partial charge < -0.3 is 9.47 Å². The topological polar surface area (TPSA) is 47.9 Å².